The Morgan fingerprint density at radius 1 is 1.17 bits per heavy atom. The van der Waals surface area contributed by atoms with Crippen LogP contribution in [0.25, 0.3) is 0 Å². The lowest BCUT2D eigenvalue weighted by atomic mass is 9.91. The highest BCUT2D eigenvalue weighted by Crippen LogP contribution is 2.30. The van der Waals surface area contributed by atoms with Gasteiger partial charge in [0.05, 0.1) is 0 Å². The Labute approximate surface area is 139 Å². The summed E-state index contributed by atoms with van der Waals surface area (Å²) < 4.78 is 6.08. The summed E-state index contributed by atoms with van der Waals surface area (Å²) in [5.41, 5.74) is 2.71. The molecular weight excluding hydrogens is 288 g/mol. The Hall–Kier alpha value is -1.55. The zero-order valence-corrected chi connectivity index (χ0v) is 14.4. The van der Waals surface area contributed by atoms with Gasteiger partial charge in [-0.05, 0) is 56.3 Å². The third-order valence-corrected chi connectivity index (χ3v) is 5.14. The van der Waals surface area contributed by atoms with Gasteiger partial charge in [-0.2, -0.15) is 0 Å². The Kier molecular flexibility index (Phi) is 5.21. The van der Waals surface area contributed by atoms with E-state index in [0.29, 0.717) is 0 Å². The van der Waals surface area contributed by atoms with Gasteiger partial charge in [0, 0.05) is 26.2 Å². The second kappa shape index (κ2) is 7.35. The van der Waals surface area contributed by atoms with Crippen molar-refractivity contribution in [1.29, 1.82) is 0 Å². The van der Waals surface area contributed by atoms with Crippen molar-refractivity contribution in [2.45, 2.75) is 45.6 Å². The molecule has 1 fully saturated rings. The van der Waals surface area contributed by atoms with E-state index in [-0.39, 0.29) is 5.91 Å². The first kappa shape index (κ1) is 16.3. The van der Waals surface area contributed by atoms with Gasteiger partial charge in [0.25, 0.3) is 5.91 Å². The molecule has 1 amide bonds. The number of hydrogen-bond donors (Lipinski definition) is 0. The highest BCUT2D eigenvalue weighted by Gasteiger charge is 2.26. The predicted octanol–water partition coefficient (Wildman–Crippen LogP) is 2.50. The molecule has 4 heteroatoms. The summed E-state index contributed by atoms with van der Waals surface area (Å²) in [7, 11) is 0. The minimum atomic E-state index is -0.406. The third-order valence-electron chi connectivity index (χ3n) is 5.14. The molecule has 126 valence electrons. The lowest BCUT2D eigenvalue weighted by molar-refractivity contribution is -0.139. The molecular formula is C19H28N2O2. The summed E-state index contributed by atoms with van der Waals surface area (Å²) in [5, 5.41) is 0. The van der Waals surface area contributed by atoms with Crippen molar-refractivity contribution in [3.05, 3.63) is 29.3 Å². The molecule has 1 aliphatic heterocycles. The minimum absolute atomic E-state index is 0.120. The summed E-state index contributed by atoms with van der Waals surface area (Å²) in [4.78, 5) is 17.0. The fourth-order valence-electron chi connectivity index (χ4n) is 3.64. The highest BCUT2D eigenvalue weighted by atomic mass is 16.5. The zero-order valence-electron chi connectivity index (χ0n) is 14.4. The number of benzene rings is 1. The normalized spacial score (nSPS) is 20.0. The van der Waals surface area contributed by atoms with Crippen LogP contribution in [-0.4, -0.2) is 54.5 Å². The molecule has 23 heavy (non-hydrogen) atoms. The molecule has 0 spiro atoms. The molecule has 0 unspecified atom stereocenters. The van der Waals surface area contributed by atoms with Crippen LogP contribution < -0.4 is 4.74 Å². The topological polar surface area (TPSA) is 32.8 Å². The van der Waals surface area contributed by atoms with Crippen LogP contribution in [0, 0.1) is 0 Å². The Balaban J connectivity index is 1.63. The number of carbonyl (C=O) groups is 1. The van der Waals surface area contributed by atoms with Crippen molar-refractivity contribution in [3.63, 3.8) is 0 Å². The molecule has 0 radical (unpaired) electrons. The summed E-state index contributed by atoms with van der Waals surface area (Å²) >= 11 is 0. The van der Waals surface area contributed by atoms with E-state index in [0.717, 1.165) is 51.3 Å². The third kappa shape index (κ3) is 3.69. The van der Waals surface area contributed by atoms with Crippen LogP contribution in [0.5, 0.6) is 5.75 Å². The Morgan fingerprint density at radius 3 is 2.65 bits per heavy atom. The molecule has 1 aliphatic carbocycles. The van der Waals surface area contributed by atoms with Gasteiger partial charge in [0.2, 0.25) is 0 Å². The molecule has 1 heterocycles. The number of fused-ring (bicyclic) bond motifs is 1. The molecule has 4 nitrogen and oxygen atoms in total. The number of rotatable bonds is 4. The second-order valence-electron chi connectivity index (χ2n) is 6.62. The maximum atomic E-state index is 12.6. The SMILES string of the molecule is CCN1CCN(C(=O)[C@@H](C)Oc2cccc3c2CCCC3)CC1. The Morgan fingerprint density at radius 2 is 1.91 bits per heavy atom. The van der Waals surface area contributed by atoms with Crippen LogP contribution in [0.3, 0.4) is 0 Å². The van der Waals surface area contributed by atoms with Gasteiger partial charge in [-0.1, -0.05) is 19.1 Å². The number of hydrogen-bond acceptors (Lipinski definition) is 3. The fraction of sp³-hybridized carbons (Fsp3) is 0.632. The number of nitrogens with zero attached hydrogens (tertiary/aromatic N) is 2. The van der Waals surface area contributed by atoms with E-state index in [9.17, 15) is 4.79 Å². The summed E-state index contributed by atoms with van der Waals surface area (Å²) in [5.74, 6) is 1.03. The summed E-state index contributed by atoms with van der Waals surface area (Å²) in [6.45, 7) is 8.68. The molecule has 1 aromatic carbocycles. The molecule has 1 aromatic rings. The average molecular weight is 316 g/mol. The quantitative estimate of drug-likeness (QED) is 0.855. The number of aryl methyl sites for hydroxylation is 1. The van der Waals surface area contributed by atoms with Crippen LogP contribution in [0.15, 0.2) is 18.2 Å². The summed E-state index contributed by atoms with van der Waals surface area (Å²) in [6, 6.07) is 6.26. The van der Waals surface area contributed by atoms with Crippen LogP contribution in [0.4, 0.5) is 0 Å². The molecule has 0 N–H and O–H groups in total. The van der Waals surface area contributed by atoms with Gasteiger partial charge in [-0.25, -0.2) is 0 Å². The van der Waals surface area contributed by atoms with Crippen LogP contribution in [0.1, 0.15) is 37.8 Å². The lowest BCUT2D eigenvalue weighted by Crippen LogP contribution is -2.51. The van der Waals surface area contributed by atoms with Gasteiger partial charge >= 0.3 is 0 Å². The molecule has 0 bridgehead atoms. The van der Waals surface area contributed by atoms with Crippen molar-refractivity contribution in [1.82, 2.24) is 9.80 Å². The molecule has 0 saturated carbocycles. The first-order valence-electron chi connectivity index (χ1n) is 8.97. The molecule has 2 aliphatic rings. The maximum absolute atomic E-state index is 12.6. The number of amides is 1. The number of ether oxygens (including phenoxy) is 1. The van der Waals surface area contributed by atoms with E-state index in [4.69, 9.17) is 4.74 Å². The van der Waals surface area contributed by atoms with Crippen LogP contribution >= 0.6 is 0 Å². The molecule has 1 saturated heterocycles. The van der Waals surface area contributed by atoms with Crippen molar-refractivity contribution in [3.8, 4) is 5.75 Å². The molecule has 0 aromatic heterocycles. The largest absolute Gasteiger partial charge is 0.481 e. The monoisotopic (exact) mass is 316 g/mol. The minimum Gasteiger partial charge on any atom is -0.481 e. The van der Waals surface area contributed by atoms with Crippen LogP contribution in [-0.2, 0) is 17.6 Å². The lowest BCUT2D eigenvalue weighted by Gasteiger charge is -2.35. The predicted molar refractivity (Wildman–Crippen MR) is 91.9 cm³/mol. The van der Waals surface area contributed by atoms with Gasteiger partial charge in [0.1, 0.15) is 5.75 Å². The van der Waals surface area contributed by atoms with Gasteiger partial charge in [0.15, 0.2) is 6.10 Å². The number of piperazine rings is 1. The fourth-order valence-corrected chi connectivity index (χ4v) is 3.64. The maximum Gasteiger partial charge on any atom is 0.263 e. The molecule has 1 atom stereocenters. The average Bonchev–Trinajstić information content (AvgIpc) is 2.61. The van der Waals surface area contributed by atoms with E-state index in [2.05, 4.69) is 24.0 Å². The number of carbonyl (C=O) groups excluding carboxylic acids is 1. The smallest absolute Gasteiger partial charge is 0.263 e. The van der Waals surface area contributed by atoms with Crippen LogP contribution in [0.2, 0.25) is 0 Å². The van der Waals surface area contributed by atoms with Gasteiger partial charge < -0.3 is 14.5 Å². The highest BCUT2D eigenvalue weighted by molar-refractivity contribution is 5.81. The van der Waals surface area contributed by atoms with E-state index >= 15 is 0 Å². The zero-order chi connectivity index (χ0) is 16.2. The van der Waals surface area contributed by atoms with E-state index in [1.807, 2.05) is 17.9 Å². The second-order valence-corrected chi connectivity index (χ2v) is 6.62. The van der Waals surface area contributed by atoms with E-state index < -0.39 is 6.10 Å². The summed E-state index contributed by atoms with van der Waals surface area (Å²) in [6.07, 6.45) is 4.27. The van der Waals surface area contributed by atoms with Crippen molar-refractivity contribution in [2.24, 2.45) is 0 Å². The Bertz CT molecular complexity index is 550. The van der Waals surface area contributed by atoms with Gasteiger partial charge in [-0.15, -0.1) is 0 Å². The van der Waals surface area contributed by atoms with Crippen molar-refractivity contribution >= 4 is 5.91 Å². The first-order valence-corrected chi connectivity index (χ1v) is 8.97. The van der Waals surface area contributed by atoms with E-state index in [1.165, 1.54) is 24.0 Å². The van der Waals surface area contributed by atoms with E-state index in [1.54, 1.807) is 0 Å². The van der Waals surface area contributed by atoms with Crippen molar-refractivity contribution < 1.29 is 9.53 Å². The van der Waals surface area contributed by atoms with Gasteiger partial charge in [-0.3, -0.25) is 4.79 Å². The van der Waals surface area contributed by atoms with Crippen molar-refractivity contribution in [2.75, 3.05) is 32.7 Å². The molecule has 3 rings (SSSR count). The number of likely N-dealkylation sites (N-methyl/N-ethyl adjacent to an activating group) is 1. The first-order chi connectivity index (χ1) is 11.2. The standard InChI is InChI=1S/C19H28N2O2/c1-3-20-11-13-21(14-12-20)19(22)15(2)23-18-10-6-8-16-7-4-5-9-17(16)18/h6,8,10,15H,3-5,7,9,11-14H2,1-2H3/t15-/m1/s1.